The fraction of sp³-hybridized carbons (Fsp3) is 0.562. The van der Waals surface area contributed by atoms with Crippen LogP contribution in [0.1, 0.15) is 41.6 Å². The molecule has 0 aromatic heterocycles. The normalized spacial score (nSPS) is 17.7. The Hall–Kier alpha value is -1.35. The minimum Gasteiger partial charge on any atom is -0.350 e. The van der Waals surface area contributed by atoms with E-state index in [2.05, 4.69) is 24.3 Å². The molecule has 104 valence electrons. The summed E-state index contributed by atoms with van der Waals surface area (Å²) in [6.07, 6.45) is 4.87. The van der Waals surface area contributed by atoms with Crippen molar-refractivity contribution in [3.05, 3.63) is 35.4 Å². The molecule has 1 aromatic rings. The highest BCUT2D eigenvalue weighted by Gasteiger charge is 2.36. The lowest BCUT2D eigenvalue weighted by atomic mass is 9.96. The summed E-state index contributed by atoms with van der Waals surface area (Å²) in [6, 6.07) is 7.75. The summed E-state index contributed by atoms with van der Waals surface area (Å²) in [5.41, 5.74) is 2.03. The van der Waals surface area contributed by atoms with Crippen LogP contribution in [-0.2, 0) is 0 Å². The van der Waals surface area contributed by atoms with E-state index in [1.807, 2.05) is 31.2 Å². The van der Waals surface area contributed by atoms with Crippen LogP contribution >= 0.6 is 0 Å². The molecule has 0 unspecified atom stereocenters. The number of likely N-dealkylation sites (N-methyl/N-ethyl adjacent to an activating group) is 1. The number of carbonyl (C=O) groups excluding carboxylic acids is 1. The lowest BCUT2D eigenvalue weighted by molar-refractivity contribution is 0.0900. The zero-order valence-electron chi connectivity index (χ0n) is 12.2. The number of nitrogens with zero attached hydrogens (tertiary/aromatic N) is 1. The average molecular weight is 260 g/mol. The number of rotatable bonds is 4. The van der Waals surface area contributed by atoms with Crippen LogP contribution in [0.2, 0.25) is 0 Å². The van der Waals surface area contributed by atoms with Crippen molar-refractivity contribution in [2.24, 2.45) is 0 Å². The van der Waals surface area contributed by atoms with Crippen molar-refractivity contribution in [2.75, 3.05) is 20.6 Å². The molecule has 1 aliphatic rings. The first-order valence-corrected chi connectivity index (χ1v) is 7.06. The van der Waals surface area contributed by atoms with E-state index >= 15 is 0 Å². The van der Waals surface area contributed by atoms with Gasteiger partial charge in [-0.25, -0.2) is 0 Å². The zero-order chi connectivity index (χ0) is 13.9. The van der Waals surface area contributed by atoms with E-state index in [9.17, 15) is 4.79 Å². The highest BCUT2D eigenvalue weighted by molar-refractivity contribution is 5.94. The smallest absolute Gasteiger partial charge is 0.251 e. The van der Waals surface area contributed by atoms with Gasteiger partial charge in [0.25, 0.3) is 5.91 Å². The van der Waals surface area contributed by atoms with E-state index in [4.69, 9.17) is 0 Å². The summed E-state index contributed by atoms with van der Waals surface area (Å²) in [5, 5.41) is 3.11. The first-order valence-electron chi connectivity index (χ1n) is 7.06. The van der Waals surface area contributed by atoms with E-state index in [0.29, 0.717) is 0 Å². The monoisotopic (exact) mass is 260 g/mol. The van der Waals surface area contributed by atoms with Crippen LogP contribution < -0.4 is 5.32 Å². The number of amides is 1. The van der Waals surface area contributed by atoms with Gasteiger partial charge in [0.2, 0.25) is 0 Å². The Kier molecular flexibility index (Phi) is 4.25. The number of hydrogen-bond donors (Lipinski definition) is 1. The molecule has 0 heterocycles. The molecule has 0 aliphatic heterocycles. The van der Waals surface area contributed by atoms with E-state index in [1.165, 1.54) is 25.7 Å². The number of nitrogens with one attached hydrogen (secondary N) is 1. The van der Waals surface area contributed by atoms with Gasteiger partial charge < -0.3 is 10.2 Å². The van der Waals surface area contributed by atoms with Crippen molar-refractivity contribution in [1.29, 1.82) is 0 Å². The van der Waals surface area contributed by atoms with Gasteiger partial charge in [-0.2, -0.15) is 0 Å². The summed E-state index contributed by atoms with van der Waals surface area (Å²) < 4.78 is 0. The summed E-state index contributed by atoms with van der Waals surface area (Å²) in [4.78, 5) is 14.5. The number of benzene rings is 1. The molecular weight excluding hydrogens is 236 g/mol. The lowest BCUT2D eigenvalue weighted by Crippen LogP contribution is -2.50. The average Bonchev–Trinajstić information content (AvgIpc) is 2.86. The van der Waals surface area contributed by atoms with Gasteiger partial charge in [-0.1, -0.05) is 30.5 Å². The van der Waals surface area contributed by atoms with Crippen molar-refractivity contribution in [1.82, 2.24) is 10.2 Å². The molecule has 0 bridgehead atoms. The summed E-state index contributed by atoms with van der Waals surface area (Å²) in [5.74, 6) is 0.0387. The van der Waals surface area contributed by atoms with Crippen LogP contribution in [0, 0.1) is 6.92 Å². The molecule has 1 saturated carbocycles. The second-order valence-electron chi connectivity index (χ2n) is 5.88. The molecule has 0 spiro atoms. The van der Waals surface area contributed by atoms with Crippen molar-refractivity contribution >= 4 is 5.91 Å². The Morgan fingerprint density at radius 1 is 1.32 bits per heavy atom. The van der Waals surface area contributed by atoms with Crippen LogP contribution in [0.5, 0.6) is 0 Å². The zero-order valence-corrected chi connectivity index (χ0v) is 12.2. The van der Waals surface area contributed by atoms with E-state index in [-0.39, 0.29) is 11.4 Å². The number of carbonyl (C=O) groups is 1. The third-order valence-electron chi connectivity index (χ3n) is 4.34. The topological polar surface area (TPSA) is 32.3 Å². The van der Waals surface area contributed by atoms with Gasteiger partial charge in [-0.05, 0) is 46.0 Å². The highest BCUT2D eigenvalue weighted by atomic mass is 16.1. The van der Waals surface area contributed by atoms with E-state index in [0.717, 1.165) is 17.7 Å². The van der Waals surface area contributed by atoms with Crippen LogP contribution in [0.4, 0.5) is 0 Å². The highest BCUT2D eigenvalue weighted by Crippen LogP contribution is 2.33. The van der Waals surface area contributed by atoms with Gasteiger partial charge in [-0.15, -0.1) is 0 Å². The summed E-state index contributed by atoms with van der Waals surface area (Å²) >= 11 is 0. The van der Waals surface area contributed by atoms with Crippen molar-refractivity contribution in [3.8, 4) is 0 Å². The molecule has 0 radical (unpaired) electrons. The van der Waals surface area contributed by atoms with Crippen LogP contribution in [0.3, 0.4) is 0 Å². The van der Waals surface area contributed by atoms with Gasteiger partial charge in [0.1, 0.15) is 0 Å². The van der Waals surface area contributed by atoms with E-state index in [1.54, 1.807) is 0 Å². The Morgan fingerprint density at radius 3 is 2.58 bits per heavy atom. The molecule has 1 amide bonds. The molecule has 1 aliphatic carbocycles. The predicted octanol–water partition coefficient (Wildman–Crippen LogP) is 2.60. The standard InChI is InChI=1S/C16H24N2O/c1-13-7-6-8-14(11-13)15(19)17-12-16(18(2)3)9-4-5-10-16/h6-8,11H,4-5,9-10,12H2,1-3H3,(H,17,19). The summed E-state index contributed by atoms with van der Waals surface area (Å²) in [6.45, 7) is 2.75. The van der Waals surface area contributed by atoms with E-state index < -0.39 is 0 Å². The maximum absolute atomic E-state index is 12.2. The van der Waals surface area contributed by atoms with Gasteiger partial charge in [-0.3, -0.25) is 4.79 Å². The SMILES string of the molecule is Cc1cccc(C(=O)NCC2(N(C)C)CCCC2)c1. The van der Waals surface area contributed by atoms with Crippen LogP contribution in [0.15, 0.2) is 24.3 Å². The molecule has 1 aromatic carbocycles. The molecule has 0 saturated heterocycles. The van der Waals surface area contributed by atoms with Gasteiger partial charge >= 0.3 is 0 Å². The summed E-state index contributed by atoms with van der Waals surface area (Å²) in [7, 11) is 4.23. The van der Waals surface area contributed by atoms with Crippen LogP contribution in [0.25, 0.3) is 0 Å². The van der Waals surface area contributed by atoms with Crippen molar-refractivity contribution in [2.45, 2.75) is 38.1 Å². The van der Waals surface area contributed by atoms with Crippen molar-refractivity contribution in [3.63, 3.8) is 0 Å². The minimum absolute atomic E-state index is 0.0387. The predicted molar refractivity (Wildman–Crippen MR) is 78.4 cm³/mol. The Balaban J connectivity index is 2.00. The molecule has 1 fully saturated rings. The van der Waals surface area contributed by atoms with Gasteiger partial charge in [0, 0.05) is 17.6 Å². The molecular formula is C16H24N2O. The largest absolute Gasteiger partial charge is 0.350 e. The van der Waals surface area contributed by atoms with Gasteiger partial charge in [0.15, 0.2) is 0 Å². The fourth-order valence-electron chi connectivity index (χ4n) is 2.95. The van der Waals surface area contributed by atoms with Crippen LogP contribution in [-0.4, -0.2) is 37.0 Å². The molecule has 1 N–H and O–H groups in total. The number of aryl methyl sites for hydroxylation is 1. The van der Waals surface area contributed by atoms with Crippen molar-refractivity contribution < 1.29 is 4.79 Å². The lowest BCUT2D eigenvalue weighted by Gasteiger charge is -2.36. The second-order valence-corrected chi connectivity index (χ2v) is 5.88. The third-order valence-corrected chi connectivity index (χ3v) is 4.34. The third kappa shape index (κ3) is 3.16. The minimum atomic E-state index is 0.0387. The fourth-order valence-corrected chi connectivity index (χ4v) is 2.95. The molecule has 19 heavy (non-hydrogen) atoms. The number of hydrogen-bond acceptors (Lipinski definition) is 2. The Morgan fingerprint density at radius 2 is 2.00 bits per heavy atom. The maximum atomic E-state index is 12.2. The quantitative estimate of drug-likeness (QED) is 0.902. The molecule has 3 nitrogen and oxygen atoms in total. The molecule has 2 rings (SSSR count). The molecule has 0 atom stereocenters. The Labute approximate surface area is 116 Å². The molecule has 3 heteroatoms. The first kappa shape index (κ1) is 14.1. The Bertz CT molecular complexity index is 448. The second kappa shape index (κ2) is 5.74. The maximum Gasteiger partial charge on any atom is 0.251 e. The van der Waals surface area contributed by atoms with Gasteiger partial charge in [0.05, 0.1) is 0 Å². The first-order chi connectivity index (χ1) is 9.03.